The molecule has 0 spiro atoms. The molecule has 1 rings (SSSR count). The normalized spacial score (nSPS) is 18.2. The van der Waals surface area contributed by atoms with E-state index in [2.05, 4.69) is 15.6 Å². The van der Waals surface area contributed by atoms with Crippen LogP contribution in [-0.4, -0.2) is 41.8 Å². The van der Waals surface area contributed by atoms with Gasteiger partial charge in [0.05, 0.1) is 6.54 Å². The molecule has 1 aliphatic rings. The van der Waals surface area contributed by atoms with E-state index in [1.807, 2.05) is 0 Å². The highest BCUT2D eigenvalue weighted by Gasteiger charge is 2.02. The van der Waals surface area contributed by atoms with Crippen LogP contribution in [0, 0.1) is 0 Å². The molecule has 12 heavy (non-hydrogen) atoms. The molecular formula is C7H15N3OS. The average molecular weight is 189 g/mol. The van der Waals surface area contributed by atoms with Crippen LogP contribution in [0.3, 0.4) is 0 Å². The molecule has 0 aliphatic carbocycles. The third kappa shape index (κ3) is 3.71. The van der Waals surface area contributed by atoms with Gasteiger partial charge in [-0.3, -0.25) is 9.20 Å². The third-order valence-corrected chi connectivity index (χ3v) is 2.44. The second-order valence-electron chi connectivity index (χ2n) is 2.71. The van der Waals surface area contributed by atoms with Crippen molar-refractivity contribution in [3.05, 3.63) is 0 Å². The van der Waals surface area contributed by atoms with Crippen LogP contribution in [0.4, 0.5) is 0 Å². The van der Waals surface area contributed by atoms with Crippen LogP contribution < -0.4 is 10.6 Å². The number of hydrogen-bond acceptors (Lipinski definition) is 4. The van der Waals surface area contributed by atoms with E-state index in [0.717, 1.165) is 37.8 Å². The lowest BCUT2D eigenvalue weighted by Gasteiger charge is -2.04. The smallest absolute Gasteiger partial charge is 0.191 e. The maximum absolute atomic E-state index is 10.7. The number of hydrogen-bond donors (Lipinski definition) is 2. The van der Waals surface area contributed by atoms with Gasteiger partial charge in [-0.2, -0.15) is 0 Å². The second-order valence-corrected chi connectivity index (χ2v) is 4.27. The minimum Gasteiger partial charge on any atom is -0.356 e. The summed E-state index contributed by atoms with van der Waals surface area (Å²) in [7, 11) is -0.669. The predicted octanol–water partition coefficient (Wildman–Crippen LogP) is -0.696. The fourth-order valence-electron chi connectivity index (χ4n) is 0.999. The summed E-state index contributed by atoms with van der Waals surface area (Å²) in [6.07, 6.45) is 2.66. The van der Waals surface area contributed by atoms with E-state index < -0.39 is 10.8 Å². The van der Waals surface area contributed by atoms with E-state index in [1.54, 1.807) is 6.26 Å². The molecule has 2 N–H and O–H groups in total. The highest BCUT2D eigenvalue weighted by molar-refractivity contribution is 7.84. The number of nitrogens with one attached hydrogen (secondary N) is 2. The van der Waals surface area contributed by atoms with Crippen LogP contribution in [0.1, 0.15) is 6.42 Å². The van der Waals surface area contributed by atoms with Gasteiger partial charge in [0.15, 0.2) is 5.96 Å². The lowest BCUT2D eigenvalue weighted by molar-refractivity contribution is 0.683. The van der Waals surface area contributed by atoms with Crippen LogP contribution in [0.2, 0.25) is 0 Å². The first-order chi connectivity index (χ1) is 5.79. The van der Waals surface area contributed by atoms with Crippen LogP contribution >= 0.6 is 0 Å². The zero-order valence-corrected chi connectivity index (χ0v) is 8.12. The first kappa shape index (κ1) is 9.51. The molecule has 1 atom stereocenters. The Morgan fingerprint density at radius 1 is 1.75 bits per heavy atom. The van der Waals surface area contributed by atoms with Crippen LogP contribution in [0.5, 0.6) is 0 Å². The maximum Gasteiger partial charge on any atom is 0.191 e. The number of aliphatic imine (C=N–C) groups is 1. The Kier molecular flexibility index (Phi) is 4.07. The van der Waals surface area contributed by atoms with E-state index in [4.69, 9.17) is 0 Å². The van der Waals surface area contributed by atoms with E-state index in [9.17, 15) is 4.21 Å². The summed E-state index contributed by atoms with van der Waals surface area (Å²) in [4.78, 5) is 4.17. The van der Waals surface area contributed by atoms with E-state index in [0.29, 0.717) is 0 Å². The number of rotatable bonds is 4. The van der Waals surface area contributed by atoms with Gasteiger partial charge in [-0.1, -0.05) is 0 Å². The largest absolute Gasteiger partial charge is 0.356 e. The molecular weight excluding hydrogens is 174 g/mol. The molecule has 0 aromatic carbocycles. The van der Waals surface area contributed by atoms with Crippen molar-refractivity contribution >= 4 is 16.8 Å². The van der Waals surface area contributed by atoms with Gasteiger partial charge in [0.1, 0.15) is 0 Å². The summed E-state index contributed by atoms with van der Waals surface area (Å²) >= 11 is 0. The summed E-state index contributed by atoms with van der Waals surface area (Å²) in [6.45, 7) is 2.65. The minimum atomic E-state index is -0.669. The molecule has 0 saturated heterocycles. The second kappa shape index (κ2) is 5.13. The van der Waals surface area contributed by atoms with Crippen molar-refractivity contribution in [2.24, 2.45) is 4.99 Å². The molecule has 0 fully saturated rings. The molecule has 0 amide bonds. The van der Waals surface area contributed by atoms with E-state index in [-0.39, 0.29) is 0 Å². The monoisotopic (exact) mass is 189 g/mol. The van der Waals surface area contributed by atoms with Crippen LogP contribution in [0.25, 0.3) is 0 Å². The summed E-state index contributed by atoms with van der Waals surface area (Å²) < 4.78 is 10.7. The number of guanidine groups is 1. The third-order valence-electron chi connectivity index (χ3n) is 1.58. The summed E-state index contributed by atoms with van der Waals surface area (Å²) in [6, 6.07) is 0. The number of nitrogens with zero attached hydrogens (tertiary/aromatic N) is 1. The molecule has 5 heteroatoms. The first-order valence-corrected chi connectivity index (χ1v) is 5.84. The van der Waals surface area contributed by atoms with Crippen molar-refractivity contribution in [3.8, 4) is 0 Å². The predicted molar refractivity (Wildman–Crippen MR) is 51.9 cm³/mol. The Labute approximate surface area is 75.3 Å². The van der Waals surface area contributed by atoms with Crippen LogP contribution in [-0.2, 0) is 10.8 Å². The van der Waals surface area contributed by atoms with Crippen molar-refractivity contribution in [2.75, 3.05) is 31.6 Å². The van der Waals surface area contributed by atoms with Gasteiger partial charge in [-0.25, -0.2) is 0 Å². The first-order valence-electron chi connectivity index (χ1n) is 4.11. The Hall–Kier alpha value is -0.580. The molecule has 0 saturated carbocycles. The fraction of sp³-hybridized carbons (Fsp3) is 0.857. The van der Waals surface area contributed by atoms with Gasteiger partial charge in [0.2, 0.25) is 0 Å². The van der Waals surface area contributed by atoms with Crippen molar-refractivity contribution in [1.29, 1.82) is 0 Å². The lowest BCUT2D eigenvalue weighted by atomic mass is 10.5. The van der Waals surface area contributed by atoms with E-state index >= 15 is 0 Å². The summed E-state index contributed by atoms with van der Waals surface area (Å²) in [5, 5.41) is 6.25. The molecule has 0 radical (unpaired) electrons. The SMILES string of the molecule is CS(=O)CCCNC1=NCCN1. The van der Waals surface area contributed by atoms with E-state index in [1.165, 1.54) is 0 Å². The van der Waals surface area contributed by atoms with Gasteiger partial charge in [-0.15, -0.1) is 0 Å². The Morgan fingerprint density at radius 3 is 3.17 bits per heavy atom. The molecule has 1 aliphatic heterocycles. The van der Waals surface area contributed by atoms with Crippen molar-refractivity contribution in [2.45, 2.75) is 6.42 Å². The highest BCUT2D eigenvalue weighted by Crippen LogP contribution is 1.84. The molecule has 70 valence electrons. The van der Waals surface area contributed by atoms with Crippen molar-refractivity contribution in [1.82, 2.24) is 10.6 Å². The Morgan fingerprint density at radius 2 is 2.58 bits per heavy atom. The molecule has 1 heterocycles. The zero-order chi connectivity index (χ0) is 8.81. The summed E-state index contributed by atoms with van der Waals surface area (Å²) in [5.41, 5.74) is 0. The van der Waals surface area contributed by atoms with Gasteiger partial charge in [0, 0.05) is 35.9 Å². The zero-order valence-electron chi connectivity index (χ0n) is 7.30. The Balaban J connectivity index is 1.98. The van der Waals surface area contributed by atoms with Gasteiger partial charge in [-0.05, 0) is 6.42 Å². The average Bonchev–Trinajstić information content (AvgIpc) is 2.49. The van der Waals surface area contributed by atoms with Gasteiger partial charge < -0.3 is 10.6 Å². The highest BCUT2D eigenvalue weighted by atomic mass is 32.2. The molecule has 1 unspecified atom stereocenters. The summed E-state index contributed by atoms with van der Waals surface area (Å²) in [5.74, 6) is 1.65. The quantitative estimate of drug-likeness (QED) is 0.575. The van der Waals surface area contributed by atoms with Crippen LogP contribution in [0.15, 0.2) is 4.99 Å². The lowest BCUT2D eigenvalue weighted by Crippen LogP contribution is -2.34. The molecule has 4 nitrogen and oxygen atoms in total. The molecule has 0 aromatic heterocycles. The topological polar surface area (TPSA) is 53.5 Å². The fourth-order valence-corrected chi connectivity index (χ4v) is 1.55. The molecule has 0 aromatic rings. The van der Waals surface area contributed by atoms with Crippen molar-refractivity contribution in [3.63, 3.8) is 0 Å². The molecule has 0 bridgehead atoms. The maximum atomic E-state index is 10.7. The van der Waals surface area contributed by atoms with Gasteiger partial charge >= 0.3 is 0 Å². The Bertz CT molecular complexity index is 193. The van der Waals surface area contributed by atoms with Gasteiger partial charge in [0.25, 0.3) is 0 Å². The van der Waals surface area contributed by atoms with Crippen molar-refractivity contribution < 1.29 is 4.21 Å². The standard InChI is InChI=1S/C7H15N3OS/c1-12(11)6-2-3-8-7-9-4-5-10-7/h2-6H2,1H3,(H2,8,9,10). The minimum absolute atomic E-state index is 0.669.